The Bertz CT molecular complexity index is 1150. The Hall–Kier alpha value is -3.81. The fraction of sp³-hybridized carbons (Fsp3) is 0.227. The van der Waals surface area contributed by atoms with Gasteiger partial charge in [0.05, 0.1) is 25.9 Å². The molecule has 2 aromatic carbocycles. The molecule has 1 amide bonds. The smallest absolute Gasteiger partial charge is 0.316 e. The SMILES string of the molecule is CCOc1ccccc1NC(=O)Cn1ccn(Cc2ccccc2OC)c(=O)c1=O. The van der Waals surface area contributed by atoms with Crippen molar-refractivity contribution in [3.8, 4) is 11.5 Å². The van der Waals surface area contributed by atoms with Crippen molar-refractivity contribution in [2.75, 3.05) is 19.0 Å². The first kappa shape index (κ1) is 20.9. The van der Waals surface area contributed by atoms with E-state index >= 15 is 0 Å². The summed E-state index contributed by atoms with van der Waals surface area (Å²) in [5.41, 5.74) is -0.224. The zero-order chi connectivity index (χ0) is 21.5. The van der Waals surface area contributed by atoms with Crippen molar-refractivity contribution in [2.45, 2.75) is 20.0 Å². The number of amides is 1. The van der Waals surface area contributed by atoms with E-state index in [0.29, 0.717) is 23.8 Å². The van der Waals surface area contributed by atoms with Gasteiger partial charge in [0, 0.05) is 18.0 Å². The highest BCUT2D eigenvalue weighted by Gasteiger charge is 2.12. The molecule has 0 saturated carbocycles. The highest BCUT2D eigenvalue weighted by atomic mass is 16.5. The first-order valence-corrected chi connectivity index (χ1v) is 9.47. The highest BCUT2D eigenvalue weighted by Crippen LogP contribution is 2.23. The van der Waals surface area contributed by atoms with E-state index in [9.17, 15) is 14.4 Å². The van der Waals surface area contributed by atoms with Gasteiger partial charge in [0.25, 0.3) is 0 Å². The van der Waals surface area contributed by atoms with Crippen LogP contribution in [-0.4, -0.2) is 28.8 Å². The van der Waals surface area contributed by atoms with Gasteiger partial charge in [-0.2, -0.15) is 0 Å². The van der Waals surface area contributed by atoms with Gasteiger partial charge in [-0.3, -0.25) is 19.0 Å². The summed E-state index contributed by atoms with van der Waals surface area (Å²) in [6, 6.07) is 14.3. The molecule has 0 saturated heterocycles. The van der Waals surface area contributed by atoms with E-state index in [1.807, 2.05) is 25.1 Å². The molecule has 8 nitrogen and oxygen atoms in total. The van der Waals surface area contributed by atoms with Crippen molar-refractivity contribution in [1.29, 1.82) is 0 Å². The summed E-state index contributed by atoms with van der Waals surface area (Å²) in [6.07, 6.45) is 2.91. The number of carbonyl (C=O) groups excluding carboxylic acids is 1. The predicted octanol–water partition coefficient (Wildman–Crippen LogP) is 2.10. The number of para-hydroxylation sites is 3. The van der Waals surface area contributed by atoms with Gasteiger partial charge in [-0.15, -0.1) is 0 Å². The van der Waals surface area contributed by atoms with Crippen LogP contribution in [0.5, 0.6) is 11.5 Å². The van der Waals surface area contributed by atoms with Crippen LogP contribution in [-0.2, 0) is 17.9 Å². The fourth-order valence-electron chi connectivity index (χ4n) is 3.00. The van der Waals surface area contributed by atoms with Gasteiger partial charge in [0.1, 0.15) is 18.0 Å². The molecule has 0 unspecified atom stereocenters. The minimum Gasteiger partial charge on any atom is -0.496 e. The Labute approximate surface area is 173 Å². The molecule has 0 radical (unpaired) electrons. The maximum absolute atomic E-state index is 12.5. The number of anilines is 1. The first-order chi connectivity index (χ1) is 14.5. The van der Waals surface area contributed by atoms with Crippen LogP contribution in [0.3, 0.4) is 0 Å². The fourth-order valence-corrected chi connectivity index (χ4v) is 3.00. The van der Waals surface area contributed by atoms with Crippen LogP contribution in [0.2, 0.25) is 0 Å². The van der Waals surface area contributed by atoms with E-state index in [1.54, 1.807) is 37.4 Å². The number of rotatable bonds is 8. The third-order valence-corrected chi connectivity index (χ3v) is 4.44. The van der Waals surface area contributed by atoms with Gasteiger partial charge < -0.3 is 19.4 Å². The van der Waals surface area contributed by atoms with E-state index in [0.717, 1.165) is 10.1 Å². The van der Waals surface area contributed by atoms with Crippen LogP contribution < -0.4 is 25.9 Å². The van der Waals surface area contributed by atoms with Gasteiger partial charge in [-0.05, 0) is 25.1 Å². The van der Waals surface area contributed by atoms with Gasteiger partial charge in [0.2, 0.25) is 5.91 Å². The second kappa shape index (κ2) is 9.60. The van der Waals surface area contributed by atoms with Crippen molar-refractivity contribution < 1.29 is 14.3 Å². The van der Waals surface area contributed by atoms with Crippen molar-refractivity contribution >= 4 is 11.6 Å². The minimum atomic E-state index is -0.777. The topological polar surface area (TPSA) is 91.6 Å². The predicted molar refractivity (Wildman–Crippen MR) is 113 cm³/mol. The molecule has 0 aliphatic carbocycles. The molecule has 3 aromatic rings. The summed E-state index contributed by atoms with van der Waals surface area (Å²) in [6.45, 7) is 2.20. The lowest BCUT2D eigenvalue weighted by Gasteiger charge is -2.13. The molecule has 0 bridgehead atoms. The number of nitrogens with zero attached hydrogens (tertiary/aromatic N) is 2. The lowest BCUT2D eigenvalue weighted by Crippen LogP contribution is -2.42. The third kappa shape index (κ3) is 4.78. The third-order valence-electron chi connectivity index (χ3n) is 4.44. The van der Waals surface area contributed by atoms with Crippen molar-refractivity contribution in [3.05, 3.63) is 87.2 Å². The lowest BCUT2D eigenvalue weighted by atomic mass is 10.2. The monoisotopic (exact) mass is 409 g/mol. The Morgan fingerprint density at radius 3 is 2.30 bits per heavy atom. The van der Waals surface area contributed by atoms with Crippen LogP contribution in [0.4, 0.5) is 5.69 Å². The molecular formula is C22H23N3O5. The summed E-state index contributed by atoms with van der Waals surface area (Å²) in [4.78, 5) is 37.4. The molecule has 30 heavy (non-hydrogen) atoms. The van der Waals surface area contributed by atoms with Crippen LogP contribution in [0.1, 0.15) is 12.5 Å². The Morgan fingerprint density at radius 2 is 1.57 bits per heavy atom. The number of aromatic nitrogens is 2. The Morgan fingerprint density at radius 1 is 0.933 bits per heavy atom. The Kier molecular flexibility index (Phi) is 6.69. The molecule has 1 N–H and O–H groups in total. The van der Waals surface area contributed by atoms with Gasteiger partial charge in [0.15, 0.2) is 0 Å². The van der Waals surface area contributed by atoms with Crippen LogP contribution in [0.15, 0.2) is 70.5 Å². The molecule has 0 aliphatic heterocycles. The molecule has 0 spiro atoms. The van der Waals surface area contributed by atoms with Crippen LogP contribution in [0, 0.1) is 0 Å². The van der Waals surface area contributed by atoms with E-state index in [-0.39, 0.29) is 13.1 Å². The second-order valence-corrected chi connectivity index (χ2v) is 6.45. The number of benzene rings is 2. The van der Waals surface area contributed by atoms with Crippen LogP contribution in [0.25, 0.3) is 0 Å². The summed E-state index contributed by atoms with van der Waals surface area (Å²) < 4.78 is 13.1. The number of carbonyl (C=O) groups is 1. The normalized spacial score (nSPS) is 10.5. The average Bonchev–Trinajstić information content (AvgIpc) is 2.75. The standard InChI is InChI=1S/C22H23N3O5/c1-3-30-19-11-7-5-9-17(19)23-20(26)15-25-13-12-24(21(27)22(25)28)14-16-8-4-6-10-18(16)29-2/h4-13H,3,14-15H2,1-2H3,(H,23,26). The van der Waals surface area contributed by atoms with E-state index in [1.165, 1.54) is 17.0 Å². The number of nitrogens with one attached hydrogen (secondary N) is 1. The van der Waals surface area contributed by atoms with E-state index in [4.69, 9.17) is 9.47 Å². The molecule has 3 rings (SSSR count). The summed E-state index contributed by atoms with van der Waals surface area (Å²) in [5, 5.41) is 2.71. The highest BCUT2D eigenvalue weighted by molar-refractivity contribution is 5.92. The largest absolute Gasteiger partial charge is 0.496 e. The van der Waals surface area contributed by atoms with Crippen molar-refractivity contribution in [3.63, 3.8) is 0 Å². The zero-order valence-electron chi connectivity index (χ0n) is 16.8. The number of hydrogen-bond acceptors (Lipinski definition) is 5. The molecule has 0 atom stereocenters. The molecule has 1 aromatic heterocycles. The average molecular weight is 409 g/mol. The van der Waals surface area contributed by atoms with Crippen LogP contribution >= 0.6 is 0 Å². The number of hydrogen-bond donors (Lipinski definition) is 1. The maximum Gasteiger partial charge on any atom is 0.316 e. The van der Waals surface area contributed by atoms with Gasteiger partial charge in [-0.25, -0.2) is 0 Å². The molecule has 0 fully saturated rings. The van der Waals surface area contributed by atoms with Gasteiger partial charge >= 0.3 is 11.1 Å². The second-order valence-electron chi connectivity index (χ2n) is 6.45. The van der Waals surface area contributed by atoms with E-state index < -0.39 is 17.0 Å². The number of methoxy groups -OCH3 is 1. The number of ether oxygens (including phenoxy) is 2. The molecule has 156 valence electrons. The molecular weight excluding hydrogens is 386 g/mol. The molecule has 1 heterocycles. The molecule has 8 heteroatoms. The van der Waals surface area contributed by atoms with E-state index in [2.05, 4.69) is 5.32 Å². The summed E-state index contributed by atoms with van der Waals surface area (Å²) in [5.74, 6) is 0.722. The minimum absolute atomic E-state index is 0.187. The zero-order valence-corrected chi connectivity index (χ0v) is 16.8. The Balaban J connectivity index is 1.77. The van der Waals surface area contributed by atoms with Gasteiger partial charge in [-0.1, -0.05) is 30.3 Å². The summed E-state index contributed by atoms with van der Waals surface area (Å²) >= 11 is 0. The molecule has 0 aliphatic rings. The summed E-state index contributed by atoms with van der Waals surface area (Å²) in [7, 11) is 1.54. The lowest BCUT2D eigenvalue weighted by molar-refractivity contribution is -0.116. The van der Waals surface area contributed by atoms with Crippen molar-refractivity contribution in [1.82, 2.24) is 9.13 Å². The maximum atomic E-state index is 12.5. The quantitative estimate of drug-likeness (QED) is 0.576. The van der Waals surface area contributed by atoms with Crippen molar-refractivity contribution in [2.24, 2.45) is 0 Å². The first-order valence-electron chi connectivity index (χ1n) is 9.47.